The minimum absolute atomic E-state index is 0.0994. The van der Waals surface area contributed by atoms with Crippen LogP contribution < -0.4 is 0 Å². The van der Waals surface area contributed by atoms with Crippen molar-refractivity contribution in [2.75, 3.05) is 0 Å². The van der Waals surface area contributed by atoms with Crippen LogP contribution in [0.1, 0.15) is 5.56 Å². The maximum Gasteiger partial charge on any atom is 0.189 e. The molecule has 19 heavy (non-hydrogen) atoms. The Labute approximate surface area is 116 Å². The molecule has 0 aliphatic carbocycles. The molecule has 0 fully saturated rings. The van der Waals surface area contributed by atoms with Crippen LogP contribution in [0.15, 0.2) is 60.8 Å². The lowest BCUT2D eigenvalue weighted by Gasteiger charge is -2.06. The Morgan fingerprint density at radius 3 is 2.47 bits per heavy atom. The van der Waals surface area contributed by atoms with Crippen LogP contribution in [0.5, 0.6) is 0 Å². The molecule has 0 aliphatic heterocycles. The number of benzene rings is 2. The normalized spacial score (nSPS) is 10.5. The maximum atomic E-state index is 9.59. The monoisotopic (exact) mass is 265 g/mol. The molecular weight excluding hydrogens is 254 g/mol. The Morgan fingerprint density at radius 2 is 1.74 bits per heavy atom. The molecule has 3 heteroatoms. The smallest absolute Gasteiger partial charge is 0.189 e. The van der Waals surface area contributed by atoms with E-state index in [2.05, 4.69) is 4.98 Å². The highest BCUT2D eigenvalue weighted by Gasteiger charge is 2.07. The SMILES string of the molecule is OC(=S)c1cccc2ncc(-c3ccccc3)cc12. The number of thiocarbonyl (C=S) groups is 1. The molecule has 0 unspecified atom stereocenters. The zero-order chi connectivity index (χ0) is 13.2. The fourth-order valence-corrected chi connectivity index (χ4v) is 2.30. The van der Waals surface area contributed by atoms with Gasteiger partial charge >= 0.3 is 0 Å². The molecule has 0 aliphatic rings. The molecule has 1 heterocycles. The second kappa shape index (κ2) is 4.78. The molecule has 0 bridgehead atoms. The van der Waals surface area contributed by atoms with Gasteiger partial charge in [-0.3, -0.25) is 4.98 Å². The van der Waals surface area contributed by atoms with Gasteiger partial charge in [-0.15, -0.1) is 0 Å². The highest BCUT2D eigenvalue weighted by molar-refractivity contribution is 7.80. The number of aliphatic hydroxyl groups is 1. The predicted octanol–water partition coefficient (Wildman–Crippen LogP) is 4.14. The van der Waals surface area contributed by atoms with E-state index in [0.29, 0.717) is 5.56 Å². The summed E-state index contributed by atoms with van der Waals surface area (Å²) in [6.45, 7) is 0. The van der Waals surface area contributed by atoms with Gasteiger partial charge in [0.15, 0.2) is 5.05 Å². The summed E-state index contributed by atoms with van der Waals surface area (Å²) in [7, 11) is 0. The average Bonchev–Trinajstić information content (AvgIpc) is 2.47. The van der Waals surface area contributed by atoms with E-state index < -0.39 is 0 Å². The second-order valence-electron chi connectivity index (χ2n) is 4.27. The Balaban J connectivity index is 2.25. The standard InChI is InChI=1S/C16H11NOS/c18-16(19)13-7-4-8-15-14(13)9-12(10-17-15)11-5-2-1-3-6-11/h1-10H,(H,18,19). The number of rotatable bonds is 2. The van der Waals surface area contributed by atoms with Gasteiger partial charge in [-0.25, -0.2) is 0 Å². The van der Waals surface area contributed by atoms with Crippen molar-refractivity contribution in [3.8, 4) is 11.1 Å². The van der Waals surface area contributed by atoms with Crippen LogP contribution in [0.25, 0.3) is 22.0 Å². The summed E-state index contributed by atoms with van der Waals surface area (Å²) in [5, 5.41) is 10.4. The first-order valence-electron chi connectivity index (χ1n) is 5.93. The molecule has 0 saturated carbocycles. The summed E-state index contributed by atoms with van der Waals surface area (Å²) in [5.74, 6) is 0. The van der Waals surface area contributed by atoms with Crippen molar-refractivity contribution < 1.29 is 5.11 Å². The molecule has 1 aromatic heterocycles. The van der Waals surface area contributed by atoms with Crippen LogP contribution >= 0.6 is 12.2 Å². The van der Waals surface area contributed by atoms with Gasteiger partial charge in [0.05, 0.1) is 5.52 Å². The van der Waals surface area contributed by atoms with Crippen LogP contribution in [0, 0.1) is 0 Å². The molecule has 92 valence electrons. The third-order valence-electron chi connectivity index (χ3n) is 3.06. The van der Waals surface area contributed by atoms with E-state index in [-0.39, 0.29) is 5.05 Å². The van der Waals surface area contributed by atoms with Gasteiger partial charge in [-0.2, -0.15) is 0 Å². The number of aromatic nitrogens is 1. The Hall–Kier alpha value is -2.26. The van der Waals surface area contributed by atoms with Gasteiger partial charge in [0.1, 0.15) is 0 Å². The van der Waals surface area contributed by atoms with Gasteiger partial charge in [-0.05, 0) is 36.0 Å². The molecule has 2 nitrogen and oxygen atoms in total. The fourth-order valence-electron chi connectivity index (χ4n) is 2.12. The van der Waals surface area contributed by atoms with Gasteiger partial charge in [0.25, 0.3) is 0 Å². The summed E-state index contributed by atoms with van der Waals surface area (Å²) < 4.78 is 0. The maximum absolute atomic E-state index is 9.59. The summed E-state index contributed by atoms with van der Waals surface area (Å²) >= 11 is 4.88. The largest absolute Gasteiger partial charge is 0.499 e. The third-order valence-corrected chi connectivity index (χ3v) is 3.28. The number of nitrogens with zero attached hydrogens (tertiary/aromatic N) is 1. The number of hydrogen-bond acceptors (Lipinski definition) is 2. The molecule has 0 atom stereocenters. The van der Waals surface area contributed by atoms with E-state index in [1.54, 1.807) is 6.07 Å². The van der Waals surface area contributed by atoms with Gasteiger partial charge in [0.2, 0.25) is 0 Å². The Kier molecular flexibility index (Phi) is 2.97. The van der Waals surface area contributed by atoms with Crippen molar-refractivity contribution in [1.29, 1.82) is 0 Å². The van der Waals surface area contributed by atoms with Gasteiger partial charge in [0, 0.05) is 22.7 Å². The summed E-state index contributed by atoms with van der Waals surface area (Å²) in [4.78, 5) is 4.43. The number of hydrogen-bond donors (Lipinski definition) is 1. The quantitative estimate of drug-likeness (QED) is 0.707. The summed E-state index contributed by atoms with van der Waals surface area (Å²) in [6.07, 6.45) is 1.84. The number of pyridine rings is 1. The van der Waals surface area contributed by atoms with Gasteiger partial charge < -0.3 is 5.11 Å². The lowest BCUT2D eigenvalue weighted by molar-refractivity contribution is 0.571. The molecule has 0 spiro atoms. The summed E-state index contributed by atoms with van der Waals surface area (Å²) in [5.41, 5.74) is 3.58. The van der Waals surface area contributed by atoms with Crippen LogP contribution in [0.3, 0.4) is 0 Å². The first kappa shape index (κ1) is 11.8. The number of aliphatic hydroxyl groups excluding tert-OH is 1. The van der Waals surface area contributed by atoms with Crippen LogP contribution in [-0.4, -0.2) is 15.1 Å². The van der Waals surface area contributed by atoms with Crippen molar-refractivity contribution in [2.24, 2.45) is 0 Å². The van der Waals surface area contributed by atoms with Crippen LogP contribution in [0.4, 0.5) is 0 Å². The minimum atomic E-state index is -0.0994. The van der Waals surface area contributed by atoms with E-state index in [4.69, 9.17) is 12.2 Å². The van der Waals surface area contributed by atoms with Crippen LogP contribution in [-0.2, 0) is 0 Å². The molecule has 0 amide bonds. The molecule has 3 aromatic rings. The van der Waals surface area contributed by atoms with Crippen molar-refractivity contribution in [1.82, 2.24) is 4.98 Å². The van der Waals surface area contributed by atoms with Crippen molar-refractivity contribution >= 4 is 28.2 Å². The molecule has 0 radical (unpaired) electrons. The molecule has 0 saturated heterocycles. The lowest BCUT2D eigenvalue weighted by Crippen LogP contribution is -1.96. The third kappa shape index (κ3) is 2.20. The van der Waals surface area contributed by atoms with E-state index in [9.17, 15) is 5.11 Å². The highest BCUT2D eigenvalue weighted by atomic mass is 32.1. The average molecular weight is 265 g/mol. The topological polar surface area (TPSA) is 33.1 Å². The van der Waals surface area contributed by atoms with Crippen molar-refractivity contribution in [3.63, 3.8) is 0 Å². The Morgan fingerprint density at radius 1 is 0.947 bits per heavy atom. The lowest BCUT2D eigenvalue weighted by atomic mass is 10.0. The highest BCUT2D eigenvalue weighted by Crippen LogP contribution is 2.24. The van der Waals surface area contributed by atoms with E-state index >= 15 is 0 Å². The molecule has 3 rings (SSSR count). The molecule has 2 aromatic carbocycles. The van der Waals surface area contributed by atoms with E-state index in [1.807, 2.05) is 54.7 Å². The molecule has 1 N–H and O–H groups in total. The van der Waals surface area contributed by atoms with E-state index in [1.165, 1.54) is 0 Å². The zero-order valence-electron chi connectivity index (χ0n) is 10.1. The zero-order valence-corrected chi connectivity index (χ0v) is 10.9. The van der Waals surface area contributed by atoms with E-state index in [0.717, 1.165) is 22.0 Å². The molecular formula is C16H11NOS. The van der Waals surface area contributed by atoms with Gasteiger partial charge in [-0.1, -0.05) is 36.4 Å². The van der Waals surface area contributed by atoms with Crippen molar-refractivity contribution in [3.05, 3.63) is 66.4 Å². The first-order chi connectivity index (χ1) is 9.25. The minimum Gasteiger partial charge on any atom is -0.499 e. The second-order valence-corrected chi connectivity index (χ2v) is 4.65. The van der Waals surface area contributed by atoms with Crippen LogP contribution in [0.2, 0.25) is 0 Å². The predicted molar refractivity (Wildman–Crippen MR) is 81.5 cm³/mol. The fraction of sp³-hybridized carbons (Fsp3) is 0. The van der Waals surface area contributed by atoms with Crippen molar-refractivity contribution in [2.45, 2.75) is 0 Å². The Bertz CT molecular complexity index is 753. The number of fused-ring (bicyclic) bond motifs is 1. The first-order valence-corrected chi connectivity index (χ1v) is 6.34. The summed E-state index contributed by atoms with van der Waals surface area (Å²) in [6, 6.07) is 17.6.